The van der Waals surface area contributed by atoms with Crippen molar-refractivity contribution < 1.29 is 19.1 Å². The highest BCUT2D eigenvalue weighted by atomic mass is 32.1. The Kier molecular flexibility index (Phi) is 8.51. The first kappa shape index (κ1) is 23.8. The maximum absolute atomic E-state index is 12.5. The van der Waals surface area contributed by atoms with Crippen molar-refractivity contribution >= 4 is 40.7 Å². The molecule has 2 aromatic carbocycles. The minimum absolute atomic E-state index is 0.0708. The van der Waals surface area contributed by atoms with Gasteiger partial charge in [-0.05, 0) is 62.5 Å². The molecule has 0 aliphatic rings. The Bertz CT molecular complexity index is 958. The number of nitrogens with one attached hydrogen (secondary N) is 4. The first-order valence-electron chi connectivity index (χ1n) is 9.75. The van der Waals surface area contributed by atoms with Gasteiger partial charge in [-0.2, -0.15) is 0 Å². The molecule has 0 unspecified atom stereocenters. The van der Waals surface area contributed by atoms with Crippen LogP contribution in [0.3, 0.4) is 0 Å². The van der Waals surface area contributed by atoms with Crippen LogP contribution in [0.2, 0.25) is 0 Å². The molecule has 0 spiro atoms. The Morgan fingerprint density at radius 1 is 0.871 bits per heavy atom. The quantitative estimate of drug-likeness (QED) is 0.405. The number of para-hydroxylation sites is 1. The number of carbonyl (C=O) groups is 3. The number of anilines is 1. The maximum Gasteiger partial charge on any atom is 0.269 e. The molecule has 4 N–H and O–H groups in total. The molecule has 8 nitrogen and oxygen atoms in total. The van der Waals surface area contributed by atoms with Gasteiger partial charge in [0, 0.05) is 17.2 Å². The van der Waals surface area contributed by atoms with Crippen LogP contribution in [0.25, 0.3) is 0 Å². The van der Waals surface area contributed by atoms with Crippen molar-refractivity contribution in [3.8, 4) is 5.75 Å². The summed E-state index contributed by atoms with van der Waals surface area (Å²) in [4.78, 5) is 36.5. The molecule has 0 aromatic heterocycles. The fourth-order valence-corrected chi connectivity index (χ4v) is 2.53. The number of thiocarbonyl (C=S) groups is 1. The molecule has 0 atom stereocenters. The van der Waals surface area contributed by atoms with Gasteiger partial charge in [0.05, 0.1) is 11.7 Å². The van der Waals surface area contributed by atoms with E-state index in [0.717, 1.165) is 0 Å². The molecule has 0 saturated heterocycles. The number of amides is 3. The predicted octanol–water partition coefficient (Wildman–Crippen LogP) is 3.02. The second-order valence-electron chi connectivity index (χ2n) is 7.25. The molecule has 0 aliphatic heterocycles. The molecule has 3 amide bonds. The van der Waals surface area contributed by atoms with Crippen molar-refractivity contribution in [1.82, 2.24) is 16.2 Å². The molecule has 2 rings (SSSR count). The van der Waals surface area contributed by atoms with Gasteiger partial charge in [-0.3, -0.25) is 30.6 Å². The molecule has 2 aromatic rings. The number of hydrazine groups is 1. The molecule has 9 heteroatoms. The summed E-state index contributed by atoms with van der Waals surface area (Å²) < 4.78 is 5.63. The minimum atomic E-state index is -0.465. The molecular formula is C22H26N4O4S. The van der Waals surface area contributed by atoms with Crippen LogP contribution in [0.5, 0.6) is 5.75 Å². The lowest BCUT2D eigenvalue weighted by atomic mass is 10.1. The Morgan fingerprint density at radius 2 is 1.52 bits per heavy atom. The van der Waals surface area contributed by atoms with Crippen molar-refractivity contribution in [3.05, 3.63) is 59.7 Å². The molecule has 31 heavy (non-hydrogen) atoms. The normalized spacial score (nSPS) is 10.4. The van der Waals surface area contributed by atoms with Crippen molar-refractivity contribution in [1.29, 1.82) is 0 Å². The zero-order valence-electron chi connectivity index (χ0n) is 17.8. The van der Waals surface area contributed by atoms with E-state index in [1.54, 1.807) is 62.4 Å². The van der Waals surface area contributed by atoms with Gasteiger partial charge in [-0.25, -0.2) is 0 Å². The third-order valence-corrected chi connectivity index (χ3v) is 4.15. The van der Waals surface area contributed by atoms with E-state index in [4.69, 9.17) is 17.0 Å². The summed E-state index contributed by atoms with van der Waals surface area (Å²) in [6.07, 6.45) is -0.0941. The van der Waals surface area contributed by atoms with Crippen molar-refractivity contribution in [2.45, 2.75) is 33.8 Å². The second kappa shape index (κ2) is 11.1. The monoisotopic (exact) mass is 442 g/mol. The van der Waals surface area contributed by atoms with Crippen LogP contribution in [-0.4, -0.2) is 28.9 Å². The van der Waals surface area contributed by atoms with Crippen molar-refractivity contribution in [2.24, 2.45) is 5.92 Å². The summed E-state index contributed by atoms with van der Waals surface area (Å²) in [6.45, 7) is 7.31. The highest BCUT2D eigenvalue weighted by Gasteiger charge is 2.15. The van der Waals surface area contributed by atoms with E-state index < -0.39 is 11.8 Å². The maximum atomic E-state index is 12.5. The lowest BCUT2D eigenvalue weighted by Gasteiger charge is -2.15. The van der Waals surface area contributed by atoms with Gasteiger partial charge in [-0.1, -0.05) is 26.0 Å². The van der Waals surface area contributed by atoms with Crippen LogP contribution in [0, 0.1) is 5.92 Å². The topological polar surface area (TPSA) is 109 Å². The van der Waals surface area contributed by atoms with Crippen LogP contribution >= 0.6 is 12.2 Å². The van der Waals surface area contributed by atoms with Gasteiger partial charge in [0.2, 0.25) is 5.91 Å². The van der Waals surface area contributed by atoms with Crippen LogP contribution in [-0.2, 0) is 4.79 Å². The highest BCUT2D eigenvalue weighted by Crippen LogP contribution is 2.19. The molecule has 0 fully saturated rings. The van der Waals surface area contributed by atoms with Gasteiger partial charge in [-0.15, -0.1) is 0 Å². The van der Waals surface area contributed by atoms with Crippen LogP contribution in [0.15, 0.2) is 48.5 Å². The Balaban J connectivity index is 1.89. The summed E-state index contributed by atoms with van der Waals surface area (Å²) in [7, 11) is 0. The summed E-state index contributed by atoms with van der Waals surface area (Å²) >= 11 is 5.08. The zero-order chi connectivity index (χ0) is 23.0. The standard InChI is InChI=1S/C22H26N4O4S/c1-13(2)19(27)23-16-11-9-15(10-12-16)20(28)25-26-22(31)24-21(29)17-7-5-6-8-18(17)30-14(3)4/h5-14H,1-4H3,(H,23,27)(H,25,28)(H2,24,26,29,31). The lowest BCUT2D eigenvalue weighted by Crippen LogP contribution is -2.48. The third kappa shape index (κ3) is 7.38. The van der Waals surface area contributed by atoms with E-state index in [1.807, 2.05) is 13.8 Å². The Morgan fingerprint density at radius 3 is 2.13 bits per heavy atom. The molecule has 0 bridgehead atoms. The lowest BCUT2D eigenvalue weighted by molar-refractivity contribution is -0.118. The number of benzene rings is 2. The first-order chi connectivity index (χ1) is 14.7. The van der Waals surface area contributed by atoms with Crippen LogP contribution < -0.4 is 26.2 Å². The molecule has 0 heterocycles. The van der Waals surface area contributed by atoms with Gasteiger partial charge >= 0.3 is 0 Å². The van der Waals surface area contributed by atoms with E-state index >= 15 is 0 Å². The molecule has 164 valence electrons. The smallest absolute Gasteiger partial charge is 0.269 e. The summed E-state index contributed by atoms with van der Waals surface area (Å²) in [6, 6.07) is 13.2. The minimum Gasteiger partial charge on any atom is -0.490 e. The molecular weight excluding hydrogens is 416 g/mol. The van der Waals surface area contributed by atoms with E-state index in [-0.39, 0.29) is 23.0 Å². The zero-order valence-corrected chi connectivity index (χ0v) is 18.6. The molecule has 0 aliphatic carbocycles. The average Bonchev–Trinajstić information content (AvgIpc) is 2.72. The summed E-state index contributed by atoms with van der Waals surface area (Å²) in [5, 5.41) is 5.17. The fourth-order valence-electron chi connectivity index (χ4n) is 2.39. The number of carbonyl (C=O) groups excluding carboxylic acids is 3. The van der Waals surface area contributed by atoms with Gasteiger partial charge in [0.25, 0.3) is 11.8 Å². The Labute approximate surface area is 186 Å². The van der Waals surface area contributed by atoms with Gasteiger partial charge in [0.1, 0.15) is 5.75 Å². The van der Waals surface area contributed by atoms with Crippen LogP contribution in [0.1, 0.15) is 48.4 Å². The second-order valence-corrected chi connectivity index (χ2v) is 7.65. The highest BCUT2D eigenvalue weighted by molar-refractivity contribution is 7.80. The first-order valence-corrected chi connectivity index (χ1v) is 10.2. The van der Waals surface area contributed by atoms with E-state index in [0.29, 0.717) is 22.6 Å². The SMILES string of the molecule is CC(C)Oc1ccccc1C(=O)NC(=S)NNC(=O)c1ccc(NC(=O)C(C)C)cc1. The Hall–Kier alpha value is -3.46. The number of hydrogen-bond donors (Lipinski definition) is 4. The number of rotatable bonds is 6. The van der Waals surface area contributed by atoms with E-state index in [9.17, 15) is 14.4 Å². The van der Waals surface area contributed by atoms with Crippen LogP contribution in [0.4, 0.5) is 5.69 Å². The largest absolute Gasteiger partial charge is 0.490 e. The van der Waals surface area contributed by atoms with Crippen molar-refractivity contribution in [3.63, 3.8) is 0 Å². The average molecular weight is 443 g/mol. The predicted molar refractivity (Wildman–Crippen MR) is 123 cm³/mol. The van der Waals surface area contributed by atoms with E-state index in [2.05, 4.69) is 21.5 Å². The fraction of sp³-hybridized carbons (Fsp3) is 0.273. The third-order valence-electron chi connectivity index (χ3n) is 3.95. The van der Waals surface area contributed by atoms with Crippen molar-refractivity contribution in [2.75, 3.05) is 5.32 Å². The summed E-state index contributed by atoms with van der Waals surface area (Å²) in [5.74, 6) is -0.741. The van der Waals surface area contributed by atoms with Gasteiger partial charge in [0.15, 0.2) is 5.11 Å². The number of ether oxygens (including phenoxy) is 1. The molecule has 0 saturated carbocycles. The number of hydrogen-bond acceptors (Lipinski definition) is 5. The van der Waals surface area contributed by atoms with Gasteiger partial charge < -0.3 is 10.1 Å². The summed E-state index contributed by atoms with van der Waals surface area (Å²) in [5.41, 5.74) is 6.17. The van der Waals surface area contributed by atoms with E-state index in [1.165, 1.54) is 0 Å². The molecule has 0 radical (unpaired) electrons.